The van der Waals surface area contributed by atoms with Crippen molar-refractivity contribution < 1.29 is 43.1 Å². The average Bonchev–Trinajstić information content (AvgIpc) is 2.22. The number of esters is 1. The minimum atomic E-state index is -4.51. The van der Waals surface area contributed by atoms with E-state index in [0.29, 0.717) is 11.0 Å². The van der Waals surface area contributed by atoms with Gasteiger partial charge in [-0.1, -0.05) is 0 Å². The first-order valence-electron chi connectivity index (χ1n) is 5.78. The molecular formula is C10H24NO8P. The van der Waals surface area contributed by atoms with Crippen LogP contribution in [0.3, 0.4) is 0 Å². The summed E-state index contributed by atoms with van der Waals surface area (Å²) >= 11 is 0. The van der Waals surface area contributed by atoms with Gasteiger partial charge in [0.15, 0.2) is 0 Å². The van der Waals surface area contributed by atoms with Crippen LogP contribution in [0.4, 0.5) is 0 Å². The van der Waals surface area contributed by atoms with E-state index in [1.54, 1.807) is 0 Å². The molecule has 0 bridgehead atoms. The van der Waals surface area contributed by atoms with Gasteiger partial charge in [-0.15, -0.1) is 0 Å². The highest BCUT2D eigenvalue weighted by Gasteiger charge is 2.09. The average molecular weight is 317 g/mol. The third-order valence-electron chi connectivity index (χ3n) is 1.71. The fraction of sp³-hybridized carbons (Fsp3) is 0.900. The van der Waals surface area contributed by atoms with Gasteiger partial charge in [-0.25, -0.2) is 0 Å². The van der Waals surface area contributed by atoms with E-state index in [-0.39, 0.29) is 19.8 Å². The molecule has 0 saturated heterocycles. The Bertz CT molecular complexity index is 311. The van der Waals surface area contributed by atoms with Crippen LogP contribution in [-0.2, 0) is 18.6 Å². The number of quaternary nitrogens is 1. The van der Waals surface area contributed by atoms with Crippen molar-refractivity contribution in [2.75, 3.05) is 47.5 Å². The second-order valence-electron chi connectivity index (χ2n) is 4.95. The maximum atomic E-state index is 10.1. The molecule has 9 nitrogen and oxygen atoms in total. The number of hydrogen-bond acceptors (Lipinski definition) is 7. The Kier molecular flexibility index (Phi) is 11.1. The van der Waals surface area contributed by atoms with Crippen molar-refractivity contribution in [2.24, 2.45) is 0 Å². The minimum absolute atomic E-state index is 0.0147. The molecule has 0 spiro atoms. The summed E-state index contributed by atoms with van der Waals surface area (Å²) in [6.45, 7) is 1.27. The molecule has 0 radical (unpaired) electrons. The number of aliphatic hydroxyl groups is 2. The summed E-state index contributed by atoms with van der Waals surface area (Å²) < 4.78 is 19.2. The number of phosphoric ester groups is 1. The highest BCUT2D eigenvalue weighted by Crippen LogP contribution is 2.29. The van der Waals surface area contributed by atoms with Gasteiger partial charge in [0.2, 0.25) is 0 Å². The Morgan fingerprint density at radius 2 is 1.90 bits per heavy atom. The Hall–Kier alpha value is -0.540. The smallest absolute Gasteiger partial charge is 0.302 e. The highest BCUT2D eigenvalue weighted by atomic mass is 31.2. The molecular weight excluding hydrogens is 293 g/mol. The van der Waals surface area contributed by atoms with Crippen molar-refractivity contribution in [2.45, 2.75) is 13.0 Å². The van der Waals surface area contributed by atoms with Crippen molar-refractivity contribution in [1.82, 2.24) is 0 Å². The third kappa shape index (κ3) is 22.6. The summed E-state index contributed by atoms with van der Waals surface area (Å²) in [6.07, 6.45) is -0.950. The number of nitrogens with zero attached hydrogens (tertiary/aromatic N) is 1. The van der Waals surface area contributed by atoms with Gasteiger partial charge in [0.1, 0.15) is 25.9 Å². The number of phosphoric acid groups is 1. The maximum absolute atomic E-state index is 10.1. The minimum Gasteiger partial charge on any atom is -0.756 e. The van der Waals surface area contributed by atoms with Crippen LogP contribution in [0, 0.1) is 0 Å². The lowest BCUT2D eigenvalue weighted by atomic mass is 10.4. The Morgan fingerprint density at radius 3 is 2.20 bits per heavy atom. The lowest BCUT2D eigenvalue weighted by molar-refractivity contribution is -0.870. The summed E-state index contributed by atoms with van der Waals surface area (Å²) in [4.78, 5) is 28.3. The number of hydrogen-bond donors (Lipinski definition) is 3. The summed E-state index contributed by atoms with van der Waals surface area (Å²) in [5.41, 5.74) is 0. The molecule has 2 unspecified atom stereocenters. The number of ether oxygens (including phenoxy) is 1. The van der Waals surface area contributed by atoms with Crippen LogP contribution in [-0.4, -0.2) is 79.2 Å². The zero-order valence-corrected chi connectivity index (χ0v) is 13.1. The van der Waals surface area contributed by atoms with Gasteiger partial charge in [0, 0.05) is 6.92 Å². The monoisotopic (exact) mass is 317 g/mol. The zero-order valence-electron chi connectivity index (χ0n) is 12.2. The number of aliphatic hydroxyl groups excluding tert-OH is 2. The van der Waals surface area contributed by atoms with Crippen molar-refractivity contribution in [3.05, 3.63) is 0 Å². The molecule has 0 aromatic carbocycles. The molecule has 0 aliphatic carbocycles. The Labute approximate surface area is 118 Å². The van der Waals surface area contributed by atoms with E-state index in [0.717, 1.165) is 0 Å². The summed E-state index contributed by atoms with van der Waals surface area (Å²) in [6, 6.07) is 0. The van der Waals surface area contributed by atoms with Crippen LogP contribution in [0.5, 0.6) is 0 Å². The number of carbonyl (C=O) groups is 1. The molecule has 0 aliphatic rings. The largest absolute Gasteiger partial charge is 0.756 e. The second-order valence-corrected chi connectivity index (χ2v) is 6.15. The molecule has 0 saturated carbocycles. The predicted molar refractivity (Wildman–Crippen MR) is 68.4 cm³/mol. The molecule has 0 amide bonds. The van der Waals surface area contributed by atoms with Gasteiger partial charge >= 0.3 is 5.97 Å². The Morgan fingerprint density at radius 1 is 1.40 bits per heavy atom. The fourth-order valence-corrected chi connectivity index (χ4v) is 1.01. The molecule has 10 heteroatoms. The van der Waals surface area contributed by atoms with Crippen LogP contribution in [0.15, 0.2) is 0 Å². The third-order valence-corrected chi connectivity index (χ3v) is 2.22. The fourth-order valence-electron chi connectivity index (χ4n) is 0.696. The van der Waals surface area contributed by atoms with Gasteiger partial charge in [-0.3, -0.25) is 9.36 Å². The Balaban J connectivity index is 0. The molecule has 0 aliphatic heterocycles. The number of rotatable bonds is 7. The van der Waals surface area contributed by atoms with E-state index in [9.17, 15) is 14.3 Å². The van der Waals surface area contributed by atoms with E-state index in [1.807, 2.05) is 21.1 Å². The first-order chi connectivity index (χ1) is 8.87. The van der Waals surface area contributed by atoms with Gasteiger partial charge in [-0.05, 0) is 0 Å². The van der Waals surface area contributed by atoms with Crippen LogP contribution in [0.1, 0.15) is 6.92 Å². The molecule has 2 atom stereocenters. The topological polar surface area (TPSA) is 136 Å². The molecule has 3 N–H and O–H groups in total. The number of carbonyl (C=O) groups excluding carboxylic acids is 1. The van der Waals surface area contributed by atoms with E-state index < -0.39 is 19.9 Å². The lowest BCUT2D eigenvalue weighted by Crippen LogP contribution is -2.37. The van der Waals surface area contributed by atoms with Crippen LogP contribution < -0.4 is 4.89 Å². The van der Waals surface area contributed by atoms with Gasteiger partial charge < -0.3 is 33.7 Å². The normalized spacial score (nSPS) is 15.6. The molecule has 0 heterocycles. The number of likely N-dealkylation sites (N-methyl/N-ethyl adjacent to an activating group) is 1. The summed E-state index contributed by atoms with van der Waals surface area (Å²) in [5, 5.41) is 16.8. The highest BCUT2D eigenvalue weighted by molar-refractivity contribution is 7.44. The van der Waals surface area contributed by atoms with Crippen LogP contribution in [0.2, 0.25) is 0 Å². The van der Waals surface area contributed by atoms with E-state index in [2.05, 4.69) is 9.26 Å². The standard InChI is InChI=1S/C5H14NO4P.C5H10O4/c1-6(2,3)4-5-10-11(7,8)9;1-4(7)9-3-5(8)2-6/h4-5H2,1-3H3,(H-,7,8,9);5-6,8H,2-3H2,1H3. The maximum Gasteiger partial charge on any atom is 0.302 e. The second kappa shape index (κ2) is 10.2. The van der Waals surface area contributed by atoms with E-state index in [1.165, 1.54) is 6.92 Å². The molecule has 20 heavy (non-hydrogen) atoms. The van der Waals surface area contributed by atoms with Gasteiger partial charge in [0.05, 0.1) is 27.7 Å². The first kappa shape index (κ1) is 21.8. The van der Waals surface area contributed by atoms with Crippen LogP contribution in [0.25, 0.3) is 0 Å². The molecule has 0 aromatic heterocycles. The summed E-state index contributed by atoms with van der Waals surface area (Å²) in [5.74, 6) is -0.456. The zero-order chi connectivity index (χ0) is 16.4. The van der Waals surface area contributed by atoms with Crippen molar-refractivity contribution in [3.8, 4) is 0 Å². The lowest BCUT2D eigenvalue weighted by Gasteiger charge is -2.25. The van der Waals surface area contributed by atoms with Crippen molar-refractivity contribution in [1.29, 1.82) is 0 Å². The van der Waals surface area contributed by atoms with E-state index in [4.69, 9.17) is 15.1 Å². The van der Waals surface area contributed by atoms with Gasteiger partial charge in [0.25, 0.3) is 7.82 Å². The molecule has 0 fully saturated rings. The van der Waals surface area contributed by atoms with Crippen molar-refractivity contribution in [3.63, 3.8) is 0 Å². The predicted octanol–water partition coefficient (Wildman–Crippen LogP) is -1.93. The van der Waals surface area contributed by atoms with Crippen molar-refractivity contribution >= 4 is 13.8 Å². The molecule has 0 rings (SSSR count). The quantitative estimate of drug-likeness (QED) is 0.281. The van der Waals surface area contributed by atoms with Gasteiger partial charge in [-0.2, -0.15) is 0 Å². The molecule has 0 aromatic rings. The summed E-state index contributed by atoms with van der Waals surface area (Å²) in [7, 11) is 1.19. The SMILES string of the molecule is CC(=O)OCC(O)CO.C[N+](C)(C)CCOP(=O)([O-])O. The first-order valence-corrected chi connectivity index (χ1v) is 7.28. The van der Waals surface area contributed by atoms with Crippen LogP contribution >= 0.6 is 7.82 Å². The van der Waals surface area contributed by atoms with E-state index >= 15 is 0 Å². The molecule has 122 valence electrons.